The van der Waals surface area contributed by atoms with Gasteiger partial charge in [-0.3, -0.25) is 9.13 Å². The van der Waals surface area contributed by atoms with E-state index >= 15 is 0 Å². The largest absolute Gasteiger partial charge is 0.325 e. The molecule has 92 valence electrons. The Balaban J connectivity index is 3.27. The molecule has 0 saturated heterocycles. The number of rotatable bonds is 8. The van der Waals surface area contributed by atoms with Crippen molar-refractivity contribution in [2.75, 3.05) is 12.3 Å². The Bertz CT molecular complexity index is 228. The van der Waals surface area contributed by atoms with Crippen LogP contribution in [0.3, 0.4) is 0 Å². The molecule has 0 saturated carbocycles. The van der Waals surface area contributed by atoms with Gasteiger partial charge in [0, 0.05) is 12.3 Å². The minimum Gasteiger partial charge on any atom is -0.324 e. The molecule has 4 N–H and O–H groups in total. The van der Waals surface area contributed by atoms with Crippen molar-refractivity contribution in [2.24, 2.45) is 0 Å². The van der Waals surface area contributed by atoms with Gasteiger partial charge in [-0.15, -0.1) is 0 Å². The first-order chi connectivity index (χ1) is 6.71. The second-order valence-electron chi connectivity index (χ2n) is 3.54. The molecule has 0 spiro atoms. The lowest BCUT2D eigenvalue weighted by Gasteiger charge is -2.04. The lowest BCUT2D eigenvalue weighted by atomic mass is 10.2. The molecule has 0 aliphatic heterocycles. The summed E-state index contributed by atoms with van der Waals surface area (Å²) in [5.74, 6) is 0. The number of hydrogen-bond acceptors (Lipinski definition) is 2. The van der Waals surface area contributed by atoms with Crippen LogP contribution >= 0.6 is 15.2 Å². The quantitative estimate of drug-likeness (QED) is 0.386. The molecule has 15 heavy (non-hydrogen) atoms. The van der Waals surface area contributed by atoms with Crippen molar-refractivity contribution < 1.29 is 28.7 Å². The molecule has 0 aromatic carbocycles. The molecule has 0 radical (unpaired) electrons. The fourth-order valence-electron chi connectivity index (χ4n) is 1.17. The van der Waals surface area contributed by atoms with Crippen LogP contribution in [0.2, 0.25) is 0 Å². The Morgan fingerprint density at radius 3 is 1.13 bits per heavy atom. The molecule has 0 aliphatic rings. The van der Waals surface area contributed by atoms with Crippen molar-refractivity contribution in [1.82, 2.24) is 0 Å². The summed E-state index contributed by atoms with van der Waals surface area (Å²) < 4.78 is 20.9. The summed E-state index contributed by atoms with van der Waals surface area (Å²) >= 11 is 0. The van der Waals surface area contributed by atoms with Crippen LogP contribution < -0.4 is 0 Å². The van der Waals surface area contributed by atoms with E-state index in [0.29, 0.717) is 25.7 Å². The third-order valence-electron chi connectivity index (χ3n) is 1.90. The van der Waals surface area contributed by atoms with Gasteiger partial charge in [-0.2, -0.15) is 0 Å². The molecule has 0 heterocycles. The van der Waals surface area contributed by atoms with Crippen LogP contribution in [0.15, 0.2) is 0 Å². The topological polar surface area (TPSA) is 115 Å². The molecule has 8 heteroatoms. The van der Waals surface area contributed by atoms with Crippen LogP contribution in [0.1, 0.15) is 32.1 Å². The van der Waals surface area contributed by atoms with Gasteiger partial charge in [0.1, 0.15) is 0 Å². The first kappa shape index (κ1) is 15.3. The van der Waals surface area contributed by atoms with Crippen LogP contribution in [-0.4, -0.2) is 31.9 Å². The van der Waals surface area contributed by atoms with E-state index in [1.165, 1.54) is 0 Å². The van der Waals surface area contributed by atoms with Gasteiger partial charge in [-0.05, 0) is 12.8 Å². The van der Waals surface area contributed by atoms with E-state index in [1.54, 1.807) is 0 Å². The highest BCUT2D eigenvalue weighted by Gasteiger charge is 2.12. The zero-order chi connectivity index (χ0) is 11.9. The molecule has 0 aliphatic carbocycles. The Morgan fingerprint density at radius 1 is 0.600 bits per heavy atom. The minimum atomic E-state index is -3.87. The Hall–Kier alpha value is 0.300. The summed E-state index contributed by atoms with van der Waals surface area (Å²) in [6.07, 6.45) is 2.83. The Morgan fingerprint density at radius 2 is 0.867 bits per heavy atom. The van der Waals surface area contributed by atoms with Gasteiger partial charge in [0.2, 0.25) is 0 Å². The van der Waals surface area contributed by atoms with Crippen molar-refractivity contribution in [3.05, 3.63) is 0 Å². The summed E-state index contributed by atoms with van der Waals surface area (Å²) in [5, 5.41) is 0. The maximum atomic E-state index is 10.4. The first-order valence-corrected chi connectivity index (χ1v) is 8.39. The molecule has 0 unspecified atom stereocenters. The van der Waals surface area contributed by atoms with Crippen LogP contribution in [0.5, 0.6) is 0 Å². The summed E-state index contributed by atoms with van der Waals surface area (Å²) in [4.78, 5) is 34.1. The second kappa shape index (κ2) is 6.79. The molecule has 0 aromatic heterocycles. The standard InChI is InChI=1S/C7H18O6P2/c8-14(9,10)6-4-2-1-3-5-7-15(11,12)13/h1-7H2,(H2,8,9,10)(H2,11,12,13). The van der Waals surface area contributed by atoms with Gasteiger partial charge in [0.15, 0.2) is 0 Å². The lowest BCUT2D eigenvalue weighted by molar-refractivity contribution is 0.370. The average Bonchev–Trinajstić information content (AvgIpc) is 1.98. The smallest absolute Gasteiger partial charge is 0.324 e. The van der Waals surface area contributed by atoms with Gasteiger partial charge < -0.3 is 19.6 Å². The van der Waals surface area contributed by atoms with E-state index < -0.39 is 15.2 Å². The van der Waals surface area contributed by atoms with Crippen LogP contribution in [0.25, 0.3) is 0 Å². The van der Waals surface area contributed by atoms with Crippen LogP contribution in [0, 0.1) is 0 Å². The van der Waals surface area contributed by atoms with Gasteiger partial charge in [0.25, 0.3) is 0 Å². The van der Waals surface area contributed by atoms with E-state index in [1.807, 2.05) is 0 Å². The lowest BCUT2D eigenvalue weighted by Crippen LogP contribution is -1.90. The third-order valence-corrected chi connectivity index (χ3v) is 3.70. The highest BCUT2D eigenvalue weighted by molar-refractivity contribution is 7.52. The predicted octanol–water partition coefficient (Wildman–Crippen LogP) is 1.29. The van der Waals surface area contributed by atoms with E-state index in [9.17, 15) is 9.13 Å². The molecule has 0 aromatic rings. The fourth-order valence-corrected chi connectivity index (χ4v) is 2.44. The first-order valence-electron chi connectivity index (χ1n) is 4.80. The third kappa shape index (κ3) is 14.3. The zero-order valence-corrected chi connectivity index (χ0v) is 10.2. The fraction of sp³-hybridized carbons (Fsp3) is 1.00. The molecule has 0 amide bonds. The second-order valence-corrected chi connectivity index (χ2v) is 7.10. The molecule has 6 nitrogen and oxygen atoms in total. The van der Waals surface area contributed by atoms with E-state index in [0.717, 1.165) is 6.42 Å². The summed E-state index contributed by atoms with van der Waals surface area (Å²) in [7, 11) is -7.74. The number of hydrogen-bond donors (Lipinski definition) is 4. The molecule has 0 fully saturated rings. The van der Waals surface area contributed by atoms with Gasteiger partial charge >= 0.3 is 15.2 Å². The van der Waals surface area contributed by atoms with E-state index in [2.05, 4.69) is 0 Å². The summed E-state index contributed by atoms with van der Waals surface area (Å²) in [5.41, 5.74) is 0. The van der Waals surface area contributed by atoms with Gasteiger partial charge in [-0.1, -0.05) is 19.3 Å². The van der Waals surface area contributed by atoms with Gasteiger partial charge in [-0.25, -0.2) is 0 Å². The highest BCUT2D eigenvalue weighted by Crippen LogP contribution is 2.36. The summed E-state index contributed by atoms with van der Waals surface area (Å²) in [6, 6.07) is 0. The van der Waals surface area contributed by atoms with Crippen molar-refractivity contribution in [1.29, 1.82) is 0 Å². The molecule has 0 bridgehead atoms. The van der Waals surface area contributed by atoms with Crippen molar-refractivity contribution >= 4 is 15.2 Å². The zero-order valence-electron chi connectivity index (χ0n) is 8.45. The maximum absolute atomic E-state index is 10.4. The van der Waals surface area contributed by atoms with Crippen LogP contribution in [-0.2, 0) is 9.13 Å². The Kier molecular flexibility index (Phi) is 6.93. The SMILES string of the molecule is O=P(O)(O)CCCCCCCP(=O)(O)O. The minimum absolute atomic E-state index is 0.106. The summed E-state index contributed by atoms with van der Waals surface area (Å²) in [6.45, 7) is 0. The molecular formula is C7H18O6P2. The van der Waals surface area contributed by atoms with Crippen molar-refractivity contribution in [2.45, 2.75) is 32.1 Å². The van der Waals surface area contributed by atoms with Crippen LogP contribution in [0.4, 0.5) is 0 Å². The molecular weight excluding hydrogens is 242 g/mol. The normalized spacial score (nSPS) is 13.1. The maximum Gasteiger partial charge on any atom is 0.325 e. The predicted molar refractivity (Wildman–Crippen MR) is 56.9 cm³/mol. The average molecular weight is 260 g/mol. The van der Waals surface area contributed by atoms with Gasteiger partial charge in [0.05, 0.1) is 0 Å². The van der Waals surface area contributed by atoms with E-state index in [-0.39, 0.29) is 12.3 Å². The van der Waals surface area contributed by atoms with Crippen molar-refractivity contribution in [3.8, 4) is 0 Å². The molecule has 0 rings (SSSR count). The highest BCUT2D eigenvalue weighted by atomic mass is 31.2. The number of unbranched alkanes of at least 4 members (excludes halogenated alkanes) is 4. The Labute approximate surface area is 89.0 Å². The molecule has 0 atom stereocenters. The monoisotopic (exact) mass is 260 g/mol. The van der Waals surface area contributed by atoms with Crippen molar-refractivity contribution in [3.63, 3.8) is 0 Å². The van der Waals surface area contributed by atoms with E-state index in [4.69, 9.17) is 19.6 Å².